The van der Waals surface area contributed by atoms with Gasteiger partial charge in [0.05, 0.1) is 12.0 Å². The van der Waals surface area contributed by atoms with Crippen LogP contribution in [0.5, 0.6) is 0 Å². The number of benzene rings is 1. The Kier molecular flexibility index (Phi) is 4.01. The van der Waals surface area contributed by atoms with Crippen molar-refractivity contribution in [1.29, 1.82) is 0 Å². The Morgan fingerprint density at radius 3 is 2.62 bits per heavy atom. The Morgan fingerprint density at radius 1 is 1.50 bits per heavy atom. The Hall–Kier alpha value is -1.42. The fraction of sp³-hybridized carbons (Fsp3) is 0.417. The summed E-state index contributed by atoms with van der Waals surface area (Å²) in [5, 5.41) is 18.4. The number of hydrogen-bond donors (Lipinski definition) is 2. The van der Waals surface area contributed by atoms with Crippen LogP contribution in [0, 0.1) is 18.7 Å². The second kappa shape index (κ2) is 5.07. The van der Waals surface area contributed by atoms with E-state index in [0.717, 1.165) is 0 Å². The third-order valence-electron chi connectivity index (χ3n) is 2.58. The number of aliphatic carboxylic acids is 1. The second-order valence-corrected chi connectivity index (χ2v) is 4.00. The first-order valence-corrected chi connectivity index (χ1v) is 5.08. The predicted molar refractivity (Wildman–Crippen MR) is 57.5 cm³/mol. The van der Waals surface area contributed by atoms with Crippen molar-refractivity contribution >= 4 is 5.97 Å². The summed E-state index contributed by atoms with van der Waals surface area (Å²) in [4.78, 5) is 10.6. The topological polar surface area (TPSA) is 57.5 Å². The zero-order chi connectivity index (χ0) is 12.3. The Labute approximate surface area is 93.5 Å². The van der Waals surface area contributed by atoms with Crippen molar-refractivity contribution in [2.24, 2.45) is 5.92 Å². The average molecular weight is 226 g/mol. The second-order valence-electron chi connectivity index (χ2n) is 4.00. The normalized spacial score (nSPS) is 14.5. The lowest BCUT2D eigenvalue weighted by Crippen LogP contribution is -2.13. The van der Waals surface area contributed by atoms with Gasteiger partial charge in [-0.1, -0.05) is 19.1 Å². The van der Waals surface area contributed by atoms with E-state index in [2.05, 4.69) is 0 Å². The average Bonchev–Trinajstić information content (AvgIpc) is 2.21. The lowest BCUT2D eigenvalue weighted by molar-refractivity contribution is -0.142. The number of hydrogen-bond acceptors (Lipinski definition) is 2. The standard InChI is InChI=1S/C12H15FO3/c1-7-3-4-9(6-10(7)13)11(14)5-8(2)12(15)16/h3-4,6,8,11,14H,5H2,1-2H3,(H,15,16). The molecule has 2 unspecified atom stereocenters. The molecule has 0 aliphatic carbocycles. The molecule has 0 spiro atoms. The first-order chi connectivity index (χ1) is 7.41. The van der Waals surface area contributed by atoms with E-state index < -0.39 is 18.0 Å². The van der Waals surface area contributed by atoms with Gasteiger partial charge >= 0.3 is 5.97 Å². The molecule has 0 radical (unpaired) electrons. The molecule has 0 heterocycles. The third-order valence-corrected chi connectivity index (χ3v) is 2.58. The third kappa shape index (κ3) is 3.03. The number of carboxylic acid groups (broad SMARTS) is 1. The van der Waals surface area contributed by atoms with Gasteiger partial charge in [-0.15, -0.1) is 0 Å². The van der Waals surface area contributed by atoms with Gasteiger partial charge in [-0.05, 0) is 30.5 Å². The summed E-state index contributed by atoms with van der Waals surface area (Å²) in [5.74, 6) is -2.01. The minimum Gasteiger partial charge on any atom is -0.481 e. The van der Waals surface area contributed by atoms with Crippen LogP contribution in [0.1, 0.15) is 30.6 Å². The maximum absolute atomic E-state index is 13.2. The zero-order valence-corrected chi connectivity index (χ0v) is 9.27. The number of rotatable bonds is 4. The van der Waals surface area contributed by atoms with Crippen molar-refractivity contribution in [3.63, 3.8) is 0 Å². The summed E-state index contributed by atoms with van der Waals surface area (Å²) in [6.07, 6.45) is -0.862. The molecule has 3 nitrogen and oxygen atoms in total. The highest BCUT2D eigenvalue weighted by Gasteiger charge is 2.18. The molecule has 2 N–H and O–H groups in total. The Morgan fingerprint density at radius 2 is 2.12 bits per heavy atom. The van der Waals surface area contributed by atoms with Gasteiger partial charge in [0.25, 0.3) is 0 Å². The van der Waals surface area contributed by atoms with E-state index in [9.17, 15) is 14.3 Å². The minimum absolute atomic E-state index is 0.0812. The summed E-state index contributed by atoms with van der Waals surface area (Å²) < 4.78 is 13.2. The molecule has 0 saturated heterocycles. The number of aryl methyl sites for hydroxylation is 1. The molecule has 0 aliphatic heterocycles. The van der Waals surface area contributed by atoms with Gasteiger partial charge in [0.1, 0.15) is 5.82 Å². The molecule has 2 atom stereocenters. The van der Waals surface area contributed by atoms with E-state index in [1.165, 1.54) is 13.0 Å². The van der Waals surface area contributed by atoms with E-state index in [4.69, 9.17) is 5.11 Å². The van der Waals surface area contributed by atoms with Gasteiger partial charge < -0.3 is 10.2 Å². The maximum atomic E-state index is 13.2. The molecule has 0 fully saturated rings. The van der Waals surface area contributed by atoms with Crippen molar-refractivity contribution in [2.45, 2.75) is 26.4 Å². The van der Waals surface area contributed by atoms with Crippen LogP contribution in [0.2, 0.25) is 0 Å². The van der Waals surface area contributed by atoms with Crippen molar-refractivity contribution in [3.8, 4) is 0 Å². The highest BCUT2D eigenvalue weighted by Crippen LogP contribution is 2.22. The van der Waals surface area contributed by atoms with E-state index in [1.807, 2.05) is 0 Å². The minimum atomic E-state index is -0.966. The van der Waals surface area contributed by atoms with Crippen molar-refractivity contribution in [3.05, 3.63) is 35.1 Å². The lowest BCUT2D eigenvalue weighted by Gasteiger charge is -2.14. The number of halogens is 1. The van der Waals surface area contributed by atoms with E-state index in [1.54, 1.807) is 19.1 Å². The van der Waals surface area contributed by atoms with Crippen LogP contribution in [0.3, 0.4) is 0 Å². The van der Waals surface area contributed by atoms with Crippen molar-refractivity contribution < 1.29 is 19.4 Å². The molecule has 0 aliphatic rings. The van der Waals surface area contributed by atoms with Crippen LogP contribution >= 0.6 is 0 Å². The molecule has 0 amide bonds. The van der Waals surface area contributed by atoms with Crippen molar-refractivity contribution in [2.75, 3.05) is 0 Å². The van der Waals surface area contributed by atoms with Crippen LogP contribution in [-0.4, -0.2) is 16.2 Å². The van der Waals surface area contributed by atoms with Gasteiger partial charge in [0.15, 0.2) is 0 Å². The molecule has 0 bridgehead atoms. The highest BCUT2D eigenvalue weighted by molar-refractivity contribution is 5.69. The predicted octanol–water partition coefficient (Wildman–Crippen LogP) is 2.28. The number of carboxylic acids is 1. The lowest BCUT2D eigenvalue weighted by atomic mass is 9.97. The van der Waals surface area contributed by atoms with Gasteiger partial charge in [-0.2, -0.15) is 0 Å². The fourth-order valence-corrected chi connectivity index (χ4v) is 1.39. The first kappa shape index (κ1) is 12.6. The van der Waals surface area contributed by atoms with E-state index in [-0.39, 0.29) is 12.2 Å². The van der Waals surface area contributed by atoms with Crippen LogP contribution in [0.25, 0.3) is 0 Å². The van der Waals surface area contributed by atoms with Gasteiger partial charge in [0, 0.05) is 0 Å². The molecule has 1 aromatic carbocycles. The Bertz CT molecular complexity index is 390. The Balaban J connectivity index is 2.76. The highest BCUT2D eigenvalue weighted by atomic mass is 19.1. The van der Waals surface area contributed by atoms with Crippen molar-refractivity contribution in [1.82, 2.24) is 0 Å². The van der Waals surface area contributed by atoms with E-state index in [0.29, 0.717) is 11.1 Å². The molecular weight excluding hydrogens is 211 g/mol. The van der Waals surface area contributed by atoms with Gasteiger partial charge in [-0.3, -0.25) is 4.79 Å². The first-order valence-electron chi connectivity index (χ1n) is 5.08. The monoisotopic (exact) mass is 226 g/mol. The molecule has 4 heteroatoms. The van der Waals surface area contributed by atoms with Crippen LogP contribution in [-0.2, 0) is 4.79 Å². The summed E-state index contributed by atoms with van der Waals surface area (Å²) in [6, 6.07) is 4.42. The van der Waals surface area contributed by atoms with Gasteiger partial charge in [0.2, 0.25) is 0 Å². The maximum Gasteiger partial charge on any atom is 0.306 e. The van der Waals surface area contributed by atoms with Crippen LogP contribution in [0.4, 0.5) is 4.39 Å². The SMILES string of the molecule is Cc1ccc(C(O)CC(C)C(=O)O)cc1F. The number of aliphatic hydroxyl groups excluding tert-OH is 1. The number of carbonyl (C=O) groups is 1. The molecular formula is C12H15FO3. The number of aliphatic hydroxyl groups is 1. The van der Waals surface area contributed by atoms with Gasteiger partial charge in [-0.25, -0.2) is 4.39 Å². The smallest absolute Gasteiger partial charge is 0.306 e. The molecule has 1 aromatic rings. The fourth-order valence-electron chi connectivity index (χ4n) is 1.39. The molecule has 0 aromatic heterocycles. The van der Waals surface area contributed by atoms with Crippen LogP contribution in [0.15, 0.2) is 18.2 Å². The molecule has 16 heavy (non-hydrogen) atoms. The summed E-state index contributed by atoms with van der Waals surface area (Å²) in [5.41, 5.74) is 0.915. The summed E-state index contributed by atoms with van der Waals surface area (Å²) in [6.45, 7) is 3.14. The zero-order valence-electron chi connectivity index (χ0n) is 9.27. The van der Waals surface area contributed by atoms with Crippen LogP contribution < -0.4 is 0 Å². The van der Waals surface area contributed by atoms with E-state index >= 15 is 0 Å². The molecule has 0 saturated carbocycles. The summed E-state index contributed by atoms with van der Waals surface area (Å²) >= 11 is 0. The summed E-state index contributed by atoms with van der Waals surface area (Å²) in [7, 11) is 0. The molecule has 88 valence electrons. The quantitative estimate of drug-likeness (QED) is 0.828. The largest absolute Gasteiger partial charge is 0.481 e. The molecule has 1 rings (SSSR count).